The molecule has 0 fully saturated rings. The SMILES string of the molecule is CCOC(=O)C1=C(c2ccccc2)N=C(C)C(C(=O)OCC)C1C=C(c1ccccc1)c1ccccc1. The summed E-state index contributed by atoms with van der Waals surface area (Å²) in [5.74, 6) is -2.33. The second kappa shape index (κ2) is 12.1. The Kier molecular flexibility index (Phi) is 8.47. The van der Waals surface area contributed by atoms with E-state index in [0.717, 1.165) is 22.3 Å². The van der Waals surface area contributed by atoms with Gasteiger partial charge < -0.3 is 9.47 Å². The highest BCUT2D eigenvalue weighted by atomic mass is 16.5. The Morgan fingerprint density at radius 3 is 1.81 bits per heavy atom. The molecule has 0 spiro atoms. The van der Waals surface area contributed by atoms with Gasteiger partial charge >= 0.3 is 11.9 Å². The number of carbonyl (C=O) groups excluding carboxylic acids is 2. The number of nitrogens with zero attached hydrogens (tertiary/aromatic N) is 1. The molecule has 37 heavy (non-hydrogen) atoms. The average Bonchev–Trinajstić information content (AvgIpc) is 2.93. The van der Waals surface area contributed by atoms with E-state index >= 15 is 0 Å². The number of ether oxygens (including phenoxy) is 2. The molecule has 0 saturated heterocycles. The van der Waals surface area contributed by atoms with Gasteiger partial charge in [-0.05, 0) is 37.5 Å². The van der Waals surface area contributed by atoms with Crippen molar-refractivity contribution in [2.45, 2.75) is 20.8 Å². The van der Waals surface area contributed by atoms with E-state index in [1.165, 1.54) is 0 Å². The van der Waals surface area contributed by atoms with Gasteiger partial charge in [-0.3, -0.25) is 9.79 Å². The second-order valence-electron chi connectivity index (χ2n) is 8.67. The fraction of sp³-hybridized carbons (Fsp3) is 0.219. The average molecular weight is 494 g/mol. The zero-order valence-electron chi connectivity index (χ0n) is 21.4. The monoisotopic (exact) mass is 493 g/mol. The topological polar surface area (TPSA) is 65.0 Å². The molecule has 0 aromatic heterocycles. The van der Waals surface area contributed by atoms with E-state index in [4.69, 9.17) is 14.5 Å². The molecule has 0 bridgehead atoms. The Labute approximate surface area is 218 Å². The van der Waals surface area contributed by atoms with Crippen molar-refractivity contribution in [2.24, 2.45) is 16.8 Å². The van der Waals surface area contributed by atoms with Crippen molar-refractivity contribution in [1.29, 1.82) is 0 Å². The van der Waals surface area contributed by atoms with Gasteiger partial charge in [-0.15, -0.1) is 0 Å². The van der Waals surface area contributed by atoms with Gasteiger partial charge in [0.15, 0.2) is 0 Å². The van der Waals surface area contributed by atoms with Gasteiger partial charge in [0.05, 0.1) is 24.5 Å². The van der Waals surface area contributed by atoms with Gasteiger partial charge in [0, 0.05) is 17.2 Å². The lowest BCUT2D eigenvalue weighted by molar-refractivity contribution is -0.146. The first kappa shape index (κ1) is 25.8. The lowest BCUT2D eigenvalue weighted by Gasteiger charge is -2.31. The van der Waals surface area contributed by atoms with Crippen LogP contribution in [0, 0.1) is 11.8 Å². The van der Waals surface area contributed by atoms with Gasteiger partial charge in [-0.2, -0.15) is 0 Å². The van der Waals surface area contributed by atoms with Gasteiger partial charge in [0.2, 0.25) is 0 Å². The molecule has 0 radical (unpaired) electrons. The van der Waals surface area contributed by atoms with Crippen LogP contribution in [0.4, 0.5) is 0 Å². The van der Waals surface area contributed by atoms with Crippen LogP contribution in [0.3, 0.4) is 0 Å². The maximum Gasteiger partial charge on any atom is 0.336 e. The molecular weight excluding hydrogens is 462 g/mol. The van der Waals surface area contributed by atoms with Crippen LogP contribution in [0.5, 0.6) is 0 Å². The van der Waals surface area contributed by atoms with Crippen molar-refractivity contribution in [3.63, 3.8) is 0 Å². The summed E-state index contributed by atoms with van der Waals surface area (Å²) in [5.41, 5.74) is 5.09. The van der Waals surface area contributed by atoms with Crippen molar-refractivity contribution in [3.8, 4) is 0 Å². The Morgan fingerprint density at radius 1 is 0.784 bits per heavy atom. The summed E-state index contributed by atoms with van der Waals surface area (Å²) in [6.07, 6.45) is 2.00. The summed E-state index contributed by atoms with van der Waals surface area (Å²) in [4.78, 5) is 31.7. The molecule has 0 amide bonds. The number of hydrogen-bond donors (Lipinski definition) is 0. The number of benzene rings is 3. The van der Waals surface area contributed by atoms with Gasteiger partial charge in [0.1, 0.15) is 5.92 Å². The molecule has 1 aliphatic heterocycles. The number of hydrogen-bond acceptors (Lipinski definition) is 5. The van der Waals surface area contributed by atoms with Crippen molar-refractivity contribution in [3.05, 3.63) is 119 Å². The Morgan fingerprint density at radius 2 is 1.30 bits per heavy atom. The van der Waals surface area contributed by atoms with E-state index in [9.17, 15) is 9.59 Å². The zero-order chi connectivity index (χ0) is 26.2. The van der Waals surface area contributed by atoms with Crippen LogP contribution in [-0.4, -0.2) is 30.9 Å². The molecule has 0 saturated carbocycles. The normalized spacial score (nSPS) is 17.0. The van der Waals surface area contributed by atoms with E-state index in [2.05, 4.69) is 0 Å². The lowest BCUT2D eigenvalue weighted by Crippen LogP contribution is -2.37. The van der Waals surface area contributed by atoms with Crippen molar-refractivity contribution in [2.75, 3.05) is 13.2 Å². The van der Waals surface area contributed by atoms with Crippen LogP contribution >= 0.6 is 0 Å². The highest BCUT2D eigenvalue weighted by molar-refractivity contribution is 6.11. The highest BCUT2D eigenvalue weighted by Crippen LogP contribution is 2.40. The number of carbonyl (C=O) groups is 2. The maximum absolute atomic E-state index is 13.5. The zero-order valence-corrected chi connectivity index (χ0v) is 21.4. The molecule has 2 unspecified atom stereocenters. The van der Waals surface area contributed by atoms with Crippen molar-refractivity contribution in [1.82, 2.24) is 0 Å². The molecular formula is C32H31NO4. The third kappa shape index (κ3) is 5.78. The standard InChI is InChI=1S/C32H31NO4/c1-4-36-31(34)28-22(3)33-30(25-19-13-8-14-20-25)29(32(35)37-5-2)27(28)21-26(23-15-9-6-10-16-23)24-17-11-7-12-18-24/h6-21,27-28H,4-5H2,1-3H3. The van der Waals surface area contributed by atoms with E-state index in [0.29, 0.717) is 17.0 Å². The summed E-state index contributed by atoms with van der Waals surface area (Å²) in [6, 6.07) is 29.4. The number of allylic oxidation sites excluding steroid dienone is 1. The molecule has 5 nitrogen and oxygen atoms in total. The van der Waals surface area contributed by atoms with Crippen LogP contribution in [0.1, 0.15) is 37.5 Å². The van der Waals surface area contributed by atoms with Gasteiger partial charge in [-0.25, -0.2) is 4.79 Å². The Hall–Kier alpha value is -4.25. The van der Waals surface area contributed by atoms with Crippen LogP contribution in [0.2, 0.25) is 0 Å². The first-order valence-electron chi connectivity index (χ1n) is 12.6. The third-order valence-electron chi connectivity index (χ3n) is 6.28. The fourth-order valence-corrected chi connectivity index (χ4v) is 4.65. The quantitative estimate of drug-likeness (QED) is 0.342. The minimum atomic E-state index is -0.769. The first-order chi connectivity index (χ1) is 18.0. The molecule has 1 heterocycles. The summed E-state index contributed by atoms with van der Waals surface area (Å²) >= 11 is 0. The highest BCUT2D eigenvalue weighted by Gasteiger charge is 2.41. The van der Waals surface area contributed by atoms with Gasteiger partial charge in [-0.1, -0.05) is 97.1 Å². The Balaban J connectivity index is 2.02. The van der Waals surface area contributed by atoms with E-state index in [-0.39, 0.29) is 13.2 Å². The predicted molar refractivity (Wildman–Crippen MR) is 147 cm³/mol. The Bertz CT molecular complexity index is 1280. The van der Waals surface area contributed by atoms with Crippen molar-refractivity contribution < 1.29 is 19.1 Å². The van der Waals surface area contributed by atoms with Crippen LogP contribution in [-0.2, 0) is 19.1 Å². The van der Waals surface area contributed by atoms with Crippen LogP contribution in [0.25, 0.3) is 11.3 Å². The van der Waals surface area contributed by atoms with E-state index in [1.54, 1.807) is 13.8 Å². The second-order valence-corrected chi connectivity index (χ2v) is 8.67. The van der Waals surface area contributed by atoms with Gasteiger partial charge in [0.25, 0.3) is 0 Å². The molecule has 0 aliphatic carbocycles. The third-order valence-corrected chi connectivity index (χ3v) is 6.28. The molecule has 188 valence electrons. The molecule has 0 N–H and O–H groups in total. The fourth-order valence-electron chi connectivity index (χ4n) is 4.65. The maximum atomic E-state index is 13.5. The number of esters is 2. The summed E-state index contributed by atoms with van der Waals surface area (Å²) in [6.45, 7) is 5.79. The number of aliphatic imine (C=N–C) groups is 1. The van der Waals surface area contributed by atoms with Crippen LogP contribution < -0.4 is 0 Å². The van der Waals surface area contributed by atoms with E-state index in [1.807, 2.05) is 104 Å². The molecule has 2 atom stereocenters. The molecule has 3 aromatic rings. The lowest BCUT2D eigenvalue weighted by atomic mass is 9.76. The molecule has 1 aliphatic rings. The van der Waals surface area contributed by atoms with Crippen LogP contribution in [0.15, 0.2) is 108 Å². The largest absolute Gasteiger partial charge is 0.465 e. The molecule has 5 heteroatoms. The predicted octanol–water partition coefficient (Wildman–Crippen LogP) is 6.36. The minimum absolute atomic E-state index is 0.206. The minimum Gasteiger partial charge on any atom is -0.465 e. The number of rotatable bonds is 8. The molecule has 4 rings (SSSR count). The van der Waals surface area contributed by atoms with Crippen molar-refractivity contribution >= 4 is 28.9 Å². The summed E-state index contributed by atoms with van der Waals surface area (Å²) < 4.78 is 11.0. The van der Waals surface area contributed by atoms with E-state index < -0.39 is 23.8 Å². The smallest absolute Gasteiger partial charge is 0.336 e. The first-order valence-corrected chi connectivity index (χ1v) is 12.6. The summed E-state index contributed by atoms with van der Waals surface area (Å²) in [5, 5.41) is 0. The molecule has 3 aromatic carbocycles. The summed E-state index contributed by atoms with van der Waals surface area (Å²) in [7, 11) is 0.